The first-order valence-corrected chi connectivity index (χ1v) is 6.99. The molecule has 1 aromatic rings. The minimum atomic E-state index is -0.790. The highest BCUT2D eigenvalue weighted by Gasteiger charge is 2.43. The molecule has 114 valence electrons. The van der Waals surface area contributed by atoms with Gasteiger partial charge in [-0.2, -0.15) is 0 Å². The van der Waals surface area contributed by atoms with Crippen molar-refractivity contribution in [3.63, 3.8) is 0 Å². The monoisotopic (exact) mass is 291 g/mol. The number of aliphatic hydroxyl groups is 1. The topological polar surface area (TPSA) is 75.6 Å². The molecule has 1 amide bonds. The molecule has 0 spiro atoms. The Morgan fingerprint density at radius 3 is 2.57 bits per heavy atom. The van der Waals surface area contributed by atoms with Gasteiger partial charge in [-0.1, -0.05) is 0 Å². The molecule has 0 fully saturated rings. The number of anilines is 1. The molecular formula is C16H21NO4. The fraction of sp³-hybridized carbons (Fsp3) is 0.500. The Kier molecular flexibility index (Phi) is 4.05. The summed E-state index contributed by atoms with van der Waals surface area (Å²) in [4.78, 5) is 22.7. The average molecular weight is 291 g/mol. The Labute approximate surface area is 124 Å². The lowest BCUT2D eigenvalue weighted by atomic mass is 9.79. The number of hydrogen-bond acceptors (Lipinski definition) is 4. The summed E-state index contributed by atoms with van der Waals surface area (Å²) in [6.07, 6.45) is -0.550. The lowest BCUT2D eigenvalue weighted by Crippen LogP contribution is -2.49. The smallest absolute Gasteiger partial charge is 0.221 e. The molecule has 21 heavy (non-hydrogen) atoms. The zero-order valence-electron chi connectivity index (χ0n) is 12.8. The summed E-state index contributed by atoms with van der Waals surface area (Å²) in [7, 11) is 0. The quantitative estimate of drug-likeness (QED) is 0.895. The van der Waals surface area contributed by atoms with Crippen LogP contribution in [-0.4, -0.2) is 28.5 Å². The molecule has 0 saturated carbocycles. The number of carbonyl (C=O) groups is 2. The first-order chi connectivity index (χ1) is 9.70. The number of carbonyl (C=O) groups excluding carboxylic acids is 2. The summed E-state index contributed by atoms with van der Waals surface area (Å²) < 4.78 is 5.83. The van der Waals surface area contributed by atoms with Crippen molar-refractivity contribution in [3.8, 4) is 5.75 Å². The van der Waals surface area contributed by atoms with Crippen LogP contribution in [-0.2, 0) is 9.59 Å². The minimum absolute atomic E-state index is 0.00706. The number of ether oxygens (including phenoxy) is 1. The molecule has 5 nitrogen and oxygen atoms in total. The van der Waals surface area contributed by atoms with Crippen molar-refractivity contribution in [3.05, 3.63) is 23.8 Å². The summed E-state index contributed by atoms with van der Waals surface area (Å²) >= 11 is 0. The number of nitrogens with one attached hydrogen (secondary N) is 1. The number of benzene rings is 1. The van der Waals surface area contributed by atoms with E-state index < -0.39 is 11.7 Å². The van der Waals surface area contributed by atoms with Crippen LogP contribution in [0.1, 0.15) is 45.6 Å². The second-order valence-electron chi connectivity index (χ2n) is 6.10. The normalized spacial score (nSPS) is 22.9. The largest absolute Gasteiger partial charge is 0.485 e. The van der Waals surface area contributed by atoms with E-state index in [4.69, 9.17) is 4.74 Å². The lowest BCUT2D eigenvalue weighted by molar-refractivity contribution is -0.120. The van der Waals surface area contributed by atoms with Crippen LogP contribution in [0.4, 0.5) is 5.69 Å². The Balaban J connectivity index is 2.45. The molecular weight excluding hydrogens is 270 g/mol. The van der Waals surface area contributed by atoms with Crippen molar-refractivity contribution in [2.45, 2.75) is 51.7 Å². The van der Waals surface area contributed by atoms with E-state index in [1.54, 1.807) is 32.0 Å². The van der Waals surface area contributed by atoms with Crippen LogP contribution in [0.3, 0.4) is 0 Å². The van der Waals surface area contributed by atoms with E-state index in [0.29, 0.717) is 11.4 Å². The molecule has 1 heterocycles. The van der Waals surface area contributed by atoms with Gasteiger partial charge in [0.2, 0.25) is 5.91 Å². The minimum Gasteiger partial charge on any atom is -0.485 e. The van der Waals surface area contributed by atoms with Gasteiger partial charge >= 0.3 is 0 Å². The van der Waals surface area contributed by atoms with Crippen molar-refractivity contribution in [1.82, 2.24) is 0 Å². The van der Waals surface area contributed by atoms with E-state index in [-0.39, 0.29) is 24.0 Å². The summed E-state index contributed by atoms with van der Waals surface area (Å²) in [6, 6.07) is 5.28. The summed E-state index contributed by atoms with van der Waals surface area (Å²) in [5.41, 5.74) is 0.622. The first-order valence-electron chi connectivity index (χ1n) is 6.99. The molecule has 2 rings (SSSR count). The summed E-state index contributed by atoms with van der Waals surface area (Å²) in [5.74, 6) is 0.143. The first kappa shape index (κ1) is 15.5. The van der Waals surface area contributed by atoms with Crippen molar-refractivity contribution in [2.75, 3.05) is 5.32 Å². The van der Waals surface area contributed by atoms with Gasteiger partial charge in [0.1, 0.15) is 23.2 Å². The second-order valence-corrected chi connectivity index (χ2v) is 6.10. The molecule has 0 saturated heterocycles. The van der Waals surface area contributed by atoms with Gasteiger partial charge in [-0.3, -0.25) is 4.79 Å². The van der Waals surface area contributed by atoms with Crippen LogP contribution in [0.25, 0.3) is 0 Å². The van der Waals surface area contributed by atoms with Crippen molar-refractivity contribution >= 4 is 17.4 Å². The third-order valence-electron chi connectivity index (χ3n) is 3.70. The highest BCUT2D eigenvalue weighted by molar-refractivity contribution is 5.89. The number of rotatable bonds is 3. The van der Waals surface area contributed by atoms with Gasteiger partial charge in [0.15, 0.2) is 0 Å². The number of amides is 1. The number of Topliss-reactive ketones (excluding diaryl/α,β-unsaturated/α-hetero) is 1. The van der Waals surface area contributed by atoms with E-state index in [9.17, 15) is 14.7 Å². The second kappa shape index (κ2) is 5.48. The van der Waals surface area contributed by atoms with Crippen LogP contribution < -0.4 is 10.1 Å². The predicted molar refractivity (Wildman–Crippen MR) is 79.5 cm³/mol. The molecule has 0 bridgehead atoms. The zero-order valence-corrected chi connectivity index (χ0v) is 12.8. The molecule has 0 radical (unpaired) electrons. The van der Waals surface area contributed by atoms with E-state index >= 15 is 0 Å². The fourth-order valence-electron chi connectivity index (χ4n) is 2.74. The maximum absolute atomic E-state index is 11.5. The van der Waals surface area contributed by atoms with Gasteiger partial charge in [0.05, 0.1) is 0 Å². The molecule has 2 unspecified atom stereocenters. The van der Waals surface area contributed by atoms with Crippen molar-refractivity contribution in [2.24, 2.45) is 0 Å². The van der Waals surface area contributed by atoms with Gasteiger partial charge in [-0.25, -0.2) is 0 Å². The number of hydrogen-bond donors (Lipinski definition) is 2. The van der Waals surface area contributed by atoms with Gasteiger partial charge < -0.3 is 20.0 Å². The van der Waals surface area contributed by atoms with E-state index in [1.807, 2.05) is 0 Å². The number of ketones is 1. The standard InChI is InChI=1S/C16H21NO4/c1-9(18)7-13-12-8-11(17-10(2)19)5-6-14(12)21-16(3,4)15(13)20/h5-6,8,13,15,20H,7H2,1-4H3,(H,17,19). The molecule has 1 aliphatic heterocycles. The third kappa shape index (κ3) is 3.24. The molecule has 5 heteroatoms. The van der Waals surface area contributed by atoms with Gasteiger partial charge in [0, 0.05) is 30.5 Å². The summed E-state index contributed by atoms with van der Waals surface area (Å²) in [5, 5.41) is 13.2. The highest BCUT2D eigenvalue weighted by Crippen LogP contribution is 2.43. The Morgan fingerprint density at radius 1 is 1.33 bits per heavy atom. The molecule has 1 aromatic carbocycles. The maximum atomic E-state index is 11.5. The molecule has 2 atom stereocenters. The van der Waals surface area contributed by atoms with E-state index in [0.717, 1.165) is 5.56 Å². The number of aliphatic hydroxyl groups excluding tert-OH is 1. The molecule has 0 aromatic heterocycles. The van der Waals surface area contributed by atoms with Gasteiger partial charge in [0.25, 0.3) is 0 Å². The maximum Gasteiger partial charge on any atom is 0.221 e. The van der Waals surface area contributed by atoms with Crippen LogP contribution >= 0.6 is 0 Å². The zero-order chi connectivity index (χ0) is 15.8. The summed E-state index contributed by atoms with van der Waals surface area (Å²) in [6.45, 7) is 6.54. The Morgan fingerprint density at radius 2 is 2.00 bits per heavy atom. The molecule has 2 N–H and O–H groups in total. The number of fused-ring (bicyclic) bond motifs is 1. The average Bonchev–Trinajstić information content (AvgIpc) is 2.34. The fourth-order valence-corrected chi connectivity index (χ4v) is 2.74. The van der Waals surface area contributed by atoms with E-state index in [1.165, 1.54) is 13.8 Å². The van der Waals surface area contributed by atoms with Crippen LogP contribution in [0.15, 0.2) is 18.2 Å². The molecule has 1 aliphatic rings. The highest BCUT2D eigenvalue weighted by atomic mass is 16.5. The third-order valence-corrected chi connectivity index (χ3v) is 3.70. The predicted octanol–water partition coefficient (Wildman–Crippen LogP) is 2.24. The Hall–Kier alpha value is -1.88. The Bertz CT molecular complexity index is 580. The SMILES string of the molecule is CC(=O)CC1c2cc(NC(C)=O)ccc2OC(C)(C)C1O. The van der Waals surface area contributed by atoms with Gasteiger partial charge in [-0.05, 0) is 39.0 Å². The lowest BCUT2D eigenvalue weighted by Gasteiger charge is -2.42. The van der Waals surface area contributed by atoms with Crippen molar-refractivity contribution in [1.29, 1.82) is 0 Å². The van der Waals surface area contributed by atoms with Gasteiger partial charge in [-0.15, -0.1) is 0 Å². The van der Waals surface area contributed by atoms with E-state index in [2.05, 4.69) is 5.32 Å². The van der Waals surface area contributed by atoms with Crippen LogP contribution in [0.5, 0.6) is 5.75 Å². The molecule has 0 aliphatic carbocycles. The van der Waals surface area contributed by atoms with Crippen LogP contribution in [0.2, 0.25) is 0 Å². The van der Waals surface area contributed by atoms with Crippen LogP contribution in [0, 0.1) is 0 Å². The van der Waals surface area contributed by atoms with Crippen molar-refractivity contribution < 1.29 is 19.4 Å².